The summed E-state index contributed by atoms with van der Waals surface area (Å²) in [5.41, 5.74) is 0.290. The Morgan fingerprint density at radius 2 is 2.00 bits per heavy atom. The molecule has 0 spiro atoms. The predicted molar refractivity (Wildman–Crippen MR) is 123 cm³/mol. The van der Waals surface area contributed by atoms with Crippen molar-refractivity contribution in [3.63, 3.8) is 0 Å². The first-order valence-electron chi connectivity index (χ1n) is 10.4. The van der Waals surface area contributed by atoms with Gasteiger partial charge >= 0.3 is 0 Å². The topological polar surface area (TPSA) is 79.0 Å². The summed E-state index contributed by atoms with van der Waals surface area (Å²) in [7, 11) is 0.571. The van der Waals surface area contributed by atoms with Gasteiger partial charge in [0, 0.05) is 31.1 Å². The maximum Gasteiger partial charge on any atom is 0.251 e. The molecule has 1 aliphatic heterocycles. The number of likely N-dealkylation sites (tertiary alicyclic amines) is 1. The molecule has 1 aromatic carbocycles. The molecule has 31 heavy (non-hydrogen) atoms. The minimum Gasteiger partial charge on any atom is -0.495 e. The zero-order chi connectivity index (χ0) is 22.6. The normalized spacial score (nSPS) is 16.9. The number of benzene rings is 1. The molecule has 1 amide bonds. The van der Waals surface area contributed by atoms with Gasteiger partial charge in [0.1, 0.15) is 10.6 Å². The van der Waals surface area contributed by atoms with Crippen LogP contribution in [-0.2, 0) is 10.0 Å². The molecule has 0 bridgehead atoms. The monoisotopic (exact) mass is 465 g/mol. The van der Waals surface area contributed by atoms with Crippen LogP contribution in [0.2, 0.25) is 0 Å². The number of hydrogen-bond donors (Lipinski definition) is 1. The number of sulfonamides is 1. The number of amides is 1. The van der Waals surface area contributed by atoms with Crippen molar-refractivity contribution in [2.45, 2.75) is 30.7 Å². The zero-order valence-corrected chi connectivity index (χ0v) is 20.1. The molecule has 1 N–H and O–H groups in total. The van der Waals surface area contributed by atoms with Crippen molar-refractivity contribution in [2.24, 2.45) is 5.92 Å². The van der Waals surface area contributed by atoms with Crippen LogP contribution in [0.4, 0.5) is 0 Å². The first-order valence-corrected chi connectivity index (χ1v) is 12.7. The molecule has 1 unspecified atom stereocenters. The minimum absolute atomic E-state index is 0.0209. The van der Waals surface area contributed by atoms with E-state index in [2.05, 4.69) is 28.6 Å². The fraction of sp³-hybridized carbons (Fsp3) is 0.500. The van der Waals surface area contributed by atoms with Gasteiger partial charge in [0.15, 0.2) is 0 Å². The summed E-state index contributed by atoms with van der Waals surface area (Å²) in [5, 5.41) is 5.07. The number of nitrogens with zero attached hydrogens (tertiary/aromatic N) is 2. The lowest BCUT2D eigenvalue weighted by Gasteiger charge is -2.36. The van der Waals surface area contributed by atoms with E-state index < -0.39 is 10.0 Å². The van der Waals surface area contributed by atoms with Gasteiger partial charge in [0.25, 0.3) is 5.91 Å². The summed E-state index contributed by atoms with van der Waals surface area (Å²) >= 11 is 1.69. The van der Waals surface area contributed by atoms with E-state index in [9.17, 15) is 13.2 Å². The predicted octanol–water partition coefficient (Wildman–Crippen LogP) is 3.21. The van der Waals surface area contributed by atoms with Crippen molar-refractivity contribution in [1.29, 1.82) is 0 Å². The van der Waals surface area contributed by atoms with E-state index in [1.54, 1.807) is 17.4 Å². The second-order valence-corrected chi connectivity index (χ2v) is 11.2. The fourth-order valence-corrected chi connectivity index (χ4v) is 5.67. The molecule has 1 aliphatic rings. The Balaban J connectivity index is 1.78. The molecular formula is C22H31N3O4S2. The quantitative estimate of drug-likeness (QED) is 0.648. The van der Waals surface area contributed by atoms with Gasteiger partial charge in [-0.05, 0) is 61.5 Å². The molecule has 1 atom stereocenters. The number of methoxy groups -OCH3 is 1. The van der Waals surface area contributed by atoms with Crippen LogP contribution in [0, 0.1) is 5.92 Å². The van der Waals surface area contributed by atoms with E-state index in [0.717, 1.165) is 36.2 Å². The molecule has 1 saturated heterocycles. The SMILES string of the molecule is COc1ccc(C(=O)NCC(c2cccs2)N2CCC(C)CC2)cc1S(=O)(=O)N(C)C. The van der Waals surface area contributed by atoms with Crippen LogP contribution in [0.25, 0.3) is 0 Å². The van der Waals surface area contributed by atoms with Crippen molar-refractivity contribution in [3.05, 3.63) is 46.2 Å². The van der Waals surface area contributed by atoms with Crippen molar-refractivity contribution in [2.75, 3.05) is 40.8 Å². The van der Waals surface area contributed by atoms with Crippen molar-refractivity contribution in [1.82, 2.24) is 14.5 Å². The molecule has 0 saturated carbocycles. The van der Waals surface area contributed by atoms with Crippen molar-refractivity contribution >= 4 is 27.3 Å². The van der Waals surface area contributed by atoms with E-state index >= 15 is 0 Å². The number of ether oxygens (including phenoxy) is 1. The van der Waals surface area contributed by atoms with Crippen LogP contribution in [0.5, 0.6) is 5.75 Å². The summed E-state index contributed by atoms with van der Waals surface area (Å²) in [6, 6.07) is 8.74. The van der Waals surface area contributed by atoms with Crippen LogP contribution in [-0.4, -0.2) is 64.4 Å². The van der Waals surface area contributed by atoms with Gasteiger partial charge in [0.2, 0.25) is 10.0 Å². The number of nitrogens with one attached hydrogen (secondary N) is 1. The second-order valence-electron chi connectivity index (χ2n) is 8.11. The Bertz CT molecular complexity index is 982. The van der Waals surface area contributed by atoms with E-state index in [-0.39, 0.29) is 22.6 Å². The van der Waals surface area contributed by atoms with E-state index in [1.807, 2.05) is 6.07 Å². The first kappa shape index (κ1) is 23.7. The van der Waals surface area contributed by atoms with Crippen molar-refractivity contribution < 1.29 is 17.9 Å². The van der Waals surface area contributed by atoms with Gasteiger partial charge in [-0.2, -0.15) is 0 Å². The Kier molecular flexibility index (Phi) is 7.74. The van der Waals surface area contributed by atoms with Gasteiger partial charge in [-0.1, -0.05) is 13.0 Å². The standard InChI is InChI=1S/C22H31N3O4S2/c1-16-9-11-25(12-10-16)18(20-6-5-13-30-20)15-23-22(26)17-7-8-19(29-4)21(14-17)31(27,28)24(2)3/h5-8,13-14,16,18H,9-12,15H2,1-4H3,(H,23,26). The van der Waals surface area contributed by atoms with Crippen LogP contribution in [0.3, 0.4) is 0 Å². The molecule has 7 nitrogen and oxygen atoms in total. The summed E-state index contributed by atoms with van der Waals surface area (Å²) < 4.78 is 31.6. The third kappa shape index (κ3) is 5.46. The lowest BCUT2D eigenvalue weighted by Crippen LogP contribution is -2.41. The van der Waals surface area contributed by atoms with Gasteiger partial charge in [0.05, 0.1) is 13.2 Å². The van der Waals surface area contributed by atoms with Gasteiger partial charge in [-0.15, -0.1) is 11.3 Å². The van der Waals surface area contributed by atoms with Gasteiger partial charge in [-0.25, -0.2) is 12.7 Å². The van der Waals surface area contributed by atoms with Crippen LogP contribution >= 0.6 is 11.3 Å². The number of piperidine rings is 1. The van der Waals surface area contributed by atoms with E-state index in [1.165, 1.54) is 38.2 Å². The number of carbonyl (C=O) groups is 1. The number of carbonyl (C=O) groups excluding carboxylic acids is 1. The third-order valence-electron chi connectivity index (χ3n) is 5.77. The smallest absolute Gasteiger partial charge is 0.251 e. The van der Waals surface area contributed by atoms with Gasteiger partial charge < -0.3 is 10.1 Å². The highest BCUT2D eigenvalue weighted by molar-refractivity contribution is 7.89. The summed E-state index contributed by atoms with van der Waals surface area (Å²) in [6.07, 6.45) is 2.31. The maximum absolute atomic E-state index is 12.9. The van der Waals surface area contributed by atoms with Crippen LogP contribution in [0.1, 0.15) is 41.0 Å². The second kappa shape index (κ2) is 10.1. The summed E-state index contributed by atoms with van der Waals surface area (Å²) in [6.45, 7) is 4.76. The van der Waals surface area contributed by atoms with Crippen LogP contribution in [0.15, 0.2) is 40.6 Å². The molecule has 3 rings (SSSR count). The highest BCUT2D eigenvalue weighted by Gasteiger charge is 2.27. The van der Waals surface area contributed by atoms with Gasteiger partial charge in [-0.3, -0.25) is 9.69 Å². The highest BCUT2D eigenvalue weighted by atomic mass is 32.2. The molecule has 2 heterocycles. The Morgan fingerprint density at radius 1 is 1.29 bits per heavy atom. The average molecular weight is 466 g/mol. The highest BCUT2D eigenvalue weighted by Crippen LogP contribution is 2.30. The average Bonchev–Trinajstić information content (AvgIpc) is 3.29. The number of thiophene rings is 1. The Labute approximate surface area is 189 Å². The van der Waals surface area contributed by atoms with Crippen LogP contribution < -0.4 is 10.1 Å². The Morgan fingerprint density at radius 3 is 2.58 bits per heavy atom. The molecule has 9 heteroatoms. The van der Waals surface area contributed by atoms with E-state index in [4.69, 9.17) is 4.74 Å². The molecule has 1 fully saturated rings. The minimum atomic E-state index is -3.74. The lowest BCUT2D eigenvalue weighted by atomic mass is 9.97. The molecule has 0 radical (unpaired) electrons. The Hall–Kier alpha value is -1.94. The molecule has 170 valence electrons. The summed E-state index contributed by atoms with van der Waals surface area (Å²) in [4.78, 5) is 16.6. The molecule has 2 aromatic rings. The number of hydrogen-bond acceptors (Lipinski definition) is 6. The zero-order valence-electron chi connectivity index (χ0n) is 18.5. The van der Waals surface area contributed by atoms with Crippen molar-refractivity contribution in [3.8, 4) is 5.75 Å². The molecule has 1 aromatic heterocycles. The fourth-order valence-electron chi connectivity index (χ4n) is 3.74. The lowest BCUT2D eigenvalue weighted by molar-refractivity contribution is 0.0914. The number of rotatable bonds is 8. The maximum atomic E-state index is 12.9. The molecule has 0 aliphatic carbocycles. The first-order chi connectivity index (χ1) is 14.7. The largest absolute Gasteiger partial charge is 0.495 e. The van der Waals surface area contributed by atoms with E-state index in [0.29, 0.717) is 12.1 Å². The third-order valence-corrected chi connectivity index (χ3v) is 8.58. The summed E-state index contributed by atoms with van der Waals surface area (Å²) in [5.74, 6) is 0.639. The molecular weight excluding hydrogens is 434 g/mol.